The average Bonchev–Trinajstić information content (AvgIpc) is 3.28. The van der Waals surface area contributed by atoms with Crippen molar-refractivity contribution in [3.63, 3.8) is 0 Å². The number of hydrogen-bond acceptors (Lipinski definition) is 4. The van der Waals surface area contributed by atoms with Crippen molar-refractivity contribution in [2.24, 2.45) is 5.10 Å². The maximum Gasteiger partial charge on any atom is 0.234 e. The molecule has 0 spiro atoms. The summed E-state index contributed by atoms with van der Waals surface area (Å²) in [5.74, 6) is 0.410. The van der Waals surface area contributed by atoms with Crippen molar-refractivity contribution < 1.29 is 13.9 Å². The monoisotopic (exact) mass is 395 g/mol. The van der Waals surface area contributed by atoms with E-state index in [4.69, 9.17) is 4.74 Å². The number of nitrogens with one attached hydrogen (secondary N) is 1. The van der Waals surface area contributed by atoms with Crippen LogP contribution in [-0.2, 0) is 11.3 Å². The molecule has 150 valence electrons. The number of anilines is 1. The number of rotatable bonds is 7. The number of amides is 1. The highest BCUT2D eigenvalue weighted by atomic mass is 19.1. The SMILES string of the molecule is COc1cc(CN(C)/C(C)=N\N(C=O)c2ccc(-c3cn[nH]c3)cc2)ccc1F. The molecule has 0 unspecified atom stereocenters. The number of carbonyl (C=O) groups excluding carboxylic acids is 1. The molecule has 1 heterocycles. The summed E-state index contributed by atoms with van der Waals surface area (Å²) in [6, 6.07) is 12.1. The van der Waals surface area contributed by atoms with Crippen LogP contribution in [-0.4, -0.2) is 41.5 Å². The zero-order chi connectivity index (χ0) is 20.8. The number of aromatic nitrogens is 2. The molecule has 2 aromatic carbocycles. The minimum absolute atomic E-state index is 0.192. The molecule has 1 aromatic heterocycles. The number of amidine groups is 1. The lowest BCUT2D eigenvalue weighted by Crippen LogP contribution is -2.27. The Hall–Kier alpha value is -3.68. The van der Waals surface area contributed by atoms with Gasteiger partial charge in [0.15, 0.2) is 11.6 Å². The van der Waals surface area contributed by atoms with Crippen molar-refractivity contribution in [3.05, 3.63) is 66.2 Å². The van der Waals surface area contributed by atoms with Gasteiger partial charge in [-0.25, -0.2) is 9.40 Å². The number of ether oxygens (including phenoxy) is 1. The molecule has 0 aliphatic rings. The zero-order valence-electron chi connectivity index (χ0n) is 16.5. The number of carbonyl (C=O) groups is 1. The molecule has 7 nitrogen and oxygen atoms in total. The van der Waals surface area contributed by atoms with Gasteiger partial charge < -0.3 is 9.64 Å². The minimum Gasteiger partial charge on any atom is -0.494 e. The smallest absolute Gasteiger partial charge is 0.234 e. The lowest BCUT2D eigenvalue weighted by molar-refractivity contribution is -0.107. The Morgan fingerprint density at radius 3 is 2.62 bits per heavy atom. The highest BCUT2D eigenvalue weighted by Crippen LogP contribution is 2.22. The Bertz CT molecular complexity index is 987. The molecule has 8 heteroatoms. The molecule has 3 rings (SSSR count). The molecule has 0 bridgehead atoms. The lowest BCUT2D eigenvalue weighted by Gasteiger charge is -2.21. The lowest BCUT2D eigenvalue weighted by atomic mass is 10.1. The van der Waals surface area contributed by atoms with E-state index in [1.54, 1.807) is 31.5 Å². The van der Waals surface area contributed by atoms with E-state index in [1.165, 1.54) is 18.2 Å². The number of nitrogens with zero attached hydrogens (tertiary/aromatic N) is 4. The summed E-state index contributed by atoms with van der Waals surface area (Å²) in [7, 11) is 3.28. The van der Waals surface area contributed by atoms with Gasteiger partial charge >= 0.3 is 0 Å². The molecule has 29 heavy (non-hydrogen) atoms. The number of hydrogen-bond donors (Lipinski definition) is 1. The third kappa shape index (κ3) is 4.78. The molecule has 1 amide bonds. The molecule has 0 atom stereocenters. The molecule has 0 aliphatic carbocycles. The molecular weight excluding hydrogens is 373 g/mol. The third-order valence-electron chi connectivity index (χ3n) is 4.50. The van der Waals surface area contributed by atoms with Crippen molar-refractivity contribution in [2.75, 3.05) is 19.2 Å². The van der Waals surface area contributed by atoms with Gasteiger partial charge in [-0.2, -0.15) is 10.2 Å². The van der Waals surface area contributed by atoms with E-state index in [-0.39, 0.29) is 5.75 Å². The van der Waals surface area contributed by atoms with Gasteiger partial charge in [0.2, 0.25) is 6.41 Å². The minimum atomic E-state index is -0.407. The van der Waals surface area contributed by atoms with E-state index in [0.717, 1.165) is 16.7 Å². The fourth-order valence-corrected chi connectivity index (χ4v) is 2.78. The largest absolute Gasteiger partial charge is 0.494 e. The van der Waals surface area contributed by atoms with Crippen molar-refractivity contribution in [1.82, 2.24) is 15.1 Å². The van der Waals surface area contributed by atoms with Crippen molar-refractivity contribution in [3.8, 4) is 16.9 Å². The third-order valence-corrected chi connectivity index (χ3v) is 4.50. The Kier molecular flexibility index (Phi) is 6.23. The summed E-state index contributed by atoms with van der Waals surface area (Å²) in [6.45, 7) is 2.29. The maximum absolute atomic E-state index is 13.6. The van der Waals surface area contributed by atoms with Gasteiger partial charge in [-0.05, 0) is 42.3 Å². The second-order valence-electron chi connectivity index (χ2n) is 6.46. The van der Waals surface area contributed by atoms with Crippen molar-refractivity contribution in [2.45, 2.75) is 13.5 Å². The summed E-state index contributed by atoms with van der Waals surface area (Å²) in [5.41, 5.74) is 3.45. The van der Waals surface area contributed by atoms with E-state index in [2.05, 4.69) is 15.3 Å². The number of halogens is 1. The van der Waals surface area contributed by atoms with Crippen LogP contribution in [0.1, 0.15) is 12.5 Å². The van der Waals surface area contributed by atoms with Gasteiger partial charge in [0.05, 0.1) is 19.0 Å². The number of benzene rings is 2. The summed E-state index contributed by atoms with van der Waals surface area (Å²) in [6.07, 6.45) is 4.19. The maximum atomic E-state index is 13.6. The van der Waals surface area contributed by atoms with Gasteiger partial charge in [0.1, 0.15) is 5.84 Å². The first-order valence-corrected chi connectivity index (χ1v) is 8.94. The zero-order valence-corrected chi connectivity index (χ0v) is 16.5. The number of hydrazone groups is 1. The number of methoxy groups -OCH3 is 1. The average molecular weight is 395 g/mol. The van der Waals surface area contributed by atoms with Crippen LogP contribution < -0.4 is 9.75 Å². The highest BCUT2D eigenvalue weighted by molar-refractivity contribution is 5.85. The Balaban J connectivity index is 1.73. The summed E-state index contributed by atoms with van der Waals surface area (Å²) in [5, 5.41) is 12.4. The highest BCUT2D eigenvalue weighted by Gasteiger charge is 2.10. The van der Waals surface area contributed by atoms with E-state index >= 15 is 0 Å². The van der Waals surface area contributed by atoms with Gasteiger partial charge in [-0.1, -0.05) is 18.2 Å². The molecule has 0 radical (unpaired) electrons. The van der Waals surface area contributed by atoms with E-state index in [9.17, 15) is 9.18 Å². The van der Waals surface area contributed by atoms with Crippen LogP contribution in [0.3, 0.4) is 0 Å². The van der Waals surface area contributed by atoms with Gasteiger partial charge in [-0.15, -0.1) is 0 Å². The molecule has 1 N–H and O–H groups in total. The van der Waals surface area contributed by atoms with Gasteiger partial charge in [-0.3, -0.25) is 9.89 Å². The van der Waals surface area contributed by atoms with Crippen LogP contribution in [0.2, 0.25) is 0 Å². The molecule has 0 saturated heterocycles. The Morgan fingerprint density at radius 1 is 1.24 bits per heavy atom. The second kappa shape index (κ2) is 9.01. The summed E-state index contributed by atoms with van der Waals surface area (Å²) >= 11 is 0. The van der Waals surface area contributed by atoms with Crippen molar-refractivity contribution in [1.29, 1.82) is 0 Å². The summed E-state index contributed by atoms with van der Waals surface area (Å²) in [4.78, 5) is 13.4. The Morgan fingerprint density at radius 2 is 2.00 bits per heavy atom. The van der Waals surface area contributed by atoms with Gasteiger partial charge in [0, 0.05) is 25.4 Å². The van der Waals surface area contributed by atoms with Crippen molar-refractivity contribution >= 4 is 17.9 Å². The fourth-order valence-electron chi connectivity index (χ4n) is 2.78. The molecule has 0 saturated carbocycles. The second-order valence-corrected chi connectivity index (χ2v) is 6.46. The molecule has 3 aromatic rings. The first-order valence-electron chi connectivity index (χ1n) is 8.94. The predicted molar refractivity (Wildman–Crippen MR) is 110 cm³/mol. The first-order chi connectivity index (χ1) is 14.0. The van der Waals surface area contributed by atoms with Crippen LogP contribution >= 0.6 is 0 Å². The van der Waals surface area contributed by atoms with E-state index < -0.39 is 5.82 Å². The number of aromatic amines is 1. The molecule has 0 fully saturated rings. The van der Waals surface area contributed by atoms with Crippen LogP contribution in [0.5, 0.6) is 5.75 Å². The van der Waals surface area contributed by atoms with Gasteiger partial charge in [0.25, 0.3) is 0 Å². The topological polar surface area (TPSA) is 73.8 Å². The molecular formula is C21H22FN5O2. The molecule has 0 aliphatic heterocycles. The fraction of sp³-hybridized carbons (Fsp3) is 0.190. The predicted octanol–water partition coefficient (Wildman–Crippen LogP) is 3.65. The number of H-pyrrole nitrogens is 1. The Labute approximate surface area is 168 Å². The van der Waals surface area contributed by atoms with Crippen LogP contribution in [0.4, 0.5) is 10.1 Å². The van der Waals surface area contributed by atoms with E-state index in [1.807, 2.05) is 36.2 Å². The van der Waals surface area contributed by atoms with Crippen LogP contribution in [0, 0.1) is 5.82 Å². The normalized spacial score (nSPS) is 11.2. The van der Waals surface area contributed by atoms with E-state index in [0.29, 0.717) is 24.5 Å². The summed E-state index contributed by atoms with van der Waals surface area (Å²) < 4.78 is 18.6. The van der Waals surface area contributed by atoms with Crippen LogP contribution in [0.15, 0.2) is 60.0 Å². The quantitative estimate of drug-likeness (QED) is 0.287. The standard InChI is InChI=1S/C21H22FN5O2/c1-15(26(2)13-16-4-9-20(22)21(10-16)29-3)25-27(14-28)19-7-5-17(6-8-19)18-11-23-24-12-18/h4-12,14H,13H2,1-3H3,(H,23,24)/b25-15-. The van der Waals surface area contributed by atoms with Crippen LogP contribution in [0.25, 0.3) is 11.1 Å². The first kappa shape index (κ1) is 20.1.